The summed E-state index contributed by atoms with van der Waals surface area (Å²) < 4.78 is 5.42. The zero-order chi connectivity index (χ0) is 16.6. The maximum absolute atomic E-state index is 13.3. The summed E-state index contributed by atoms with van der Waals surface area (Å²) in [6, 6.07) is 9.91. The second-order valence-corrected chi connectivity index (χ2v) is 6.50. The van der Waals surface area contributed by atoms with Crippen LogP contribution in [0.1, 0.15) is 31.2 Å². The fourth-order valence-corrected chi connectivity index (χ4v) is 3.60. The molecule has 0 saturated carbocycles. The van der Waals surface area contributed by atoms with Gasteiger partial charge in [0.15, 0.2) is 5.76 Å². The lowest BCUT2D eigenvalue weighted by molar-refractivity contribution is -0.124. The molecule has 0 aliphatic carbocycles. The molecule has 4 rings (SSSR count). The van der Waals surface area contributed by atoms with Crippen LogP contribution in [0.5, 0.6) is 0 Å². The standard InChI is InChI=1S/C18H22N4O2/c1-2-13-11-14(24-21-13)12-22-16-6-4-3-5-15(16)20-18(17(22)23)7-9-19-10-8-18/h3-6,11,19-20H,2,7-10,12H2,1H3. The summed E-state index contributed by atoms with van der Waals surface area (Å²) in [5, 5.41) is 10.9. The average molecular weight is 326 g/mol. The van der Waals surface area contributed by atoms with E-state index in [-0.39, 0.29) is 5.91 Å². The minimum Gasteiger partial charge on any atom is -0.369 e. The van der Waals surface area contributed by atoms with Crippen molar-refractivity contribution in [1.82, 2.24) is 10.5 Å². The summed E-state index contributed by atoms with van der Waals surface area (Å²) in [7, 11) is 0. The number of aromatic nitrogens is 1. The molecule has 2 aliphatic heterocycles. The Labute approximate surface area is 141 Å². The topological polar surface area (TPSA) is 70.4 Å². The third-order valence-electron chi connectivity index (χ3n) is 4.96. The largest absolute Gasteiger partial charge is 0.369 e. The fraction of sp³-hybridized carbons (Fsp3) is 0.444. The Balaban J connectivity index is 1.71. The zero-order valence-electron chi connectivity index (χ0n) is 13.8. The van der Waals surface area contributed by atoms with Gasteiger partial charge in [-0.15, -0.1) is 0 Å². The Bertz CT molecular complexity index is 749. The predicted octanol–water partition coefficient (Wildman–Crippen LogP) is 2.32. The van der Waals surface area contributed by atoms with E-state index < -0.39 is 5.54 Å². The van der Waals surface area contributed by atoms with Crippen molar-refractivity contribution < 1.29 is 9.32 Å². The van der Waals surface area contributed by atoms with Crippen molar-refractivity contribution >= 4 is 17.3 Å². The summed E-state index contributed by atoms with van der Waals surface area (Å²) in [5.74, 6) is 0.845. The van der Waals surface area contributed by atoms with Gasteiger partial charge in [0.2, 0.25) is 0 Å². The van der Waals surface area contributed by atoms with Crippen LogP contribution in [0.4, 0.5) is 11.4 Å². The van der Waals surface area contributed by atoms with E-state index in [4.69, 9.17) is 4.52 Å². The Morgan fingerprint density at radius 1 is 1.29 bits per heavy atom. The molecule has 0 bridgehead atoms. The monoisotopic (exact) mass is 326 g/mol. The fourth-order valence-electron chi connectivity index (χ4n) is 3.60. The van der Waals surface area contributed by atoms with Crippen molar-refractivity contribution in [2.45, 2.75) is 38.3 Å². The van der Waals surface area contributed by atoms with Gasteiger partial charge in [0, 0.05) is 6.07 Å². The number of benzene rings is 1. The van der Waals surface area contributed by atoms with Crippen LogP contribution >= 0.6 is 0 Å². The first-order valence-corrected chi connectivity index (χ1v) is 8.56. The second kappa shape index (κ2) is 5.94. The molecular weight excluding hydrogens is 304 g/mol. The van der Waals surface area contributed by atoms with Crippen LogP contribution in [0.15, 0.2) is 34.9 Å². The molecule has 1 aromatic heterocycles. The first-order chi connectivity index (χ1) is 11.7. The molecule has 24 heavy (non-hydrogen) atoms. The lowest BCUT2D eigenvalue weighted by Gasteiger charge is -2.45. The Kier molecular flexibility index (Phi) is 3.76. The minimum absolute atomic E-state index is 0.122. The molecular formula is C18H22N4O2. The highest BCUT2D eigenvalue weighted by Gasteiger charge is 2.46. The summed E-state index contributed by atoms with van der Waals surface area (Å²) in [6.45, 7) is 4.14. The van der Waals surface area contributed by atoms with E-state index in [1.807, 2.05) is 42.2 Å². The van der Waals surface area contributed by atoms with E-state index in [1.54, 1.807) is 0 Å². The summed E-state index contributed by atoms with van der Waals surface area (Å²) in [4.78, 5) is 15.2. The number of nitrogens with one attached hydrogen (secondary N) is 2. The van der Waals surface area contributed by atoms with Crippen molar-refractivity contribution in [3.05, 3.63) is 41.8 Å². The molecule has 6 nitrogen and oxygen atoms in total. The predicted molar refractivity (Wildman–Crippen MR) is 92.0 cm³/mol. The van der Waals surface area contributed by atoms with Gasteiger partial charge >= 0.3 is 0 Å². The first-order valence-electron chi connectivity index (χ1n) is 8.56. The molecule has 1 aromatic carbocycles. The van der Waals surface area contributed by atoms with Gasteiger partial charge in [-0.1, -0.05) is 24.2 Å². The van der Waals surface area contributed by atoms with Gasteiger partial charge < -0.3 is 20.1 Å². The molecule has 1 spiro atoms. The van der Waals surface area contributed by atoms with Crippen molar-refractivity contribution in [2.75, 3.05) is 23.3 Å². The van der Waals surface area contributed by atoms with E-state index >= 15 is 0 Å². The normalized spacial score (nSPS) is 19.2. The number of nitrogens with zero attached hydrogens (tertiary/aromatic N) is 2. The van der Waals surface area contributed by atoms with Gasteiger partial charge in [0.05, 0.1) is 23.6 Å². The number of aryl methyl sites for hydroxylation is 1. The third kappa shape index (κ3) is 2.47. The number of carbonyl (C=O) groups is 1. The maximum Gasteiger partial charge on any atom is 0.253 e. The number of piperidine rings is 1. The van der Waals surface area contributed by atoms with Crippen molar-refractivity contribution in [3.63, 3.8) is 0 Å². The van der Waals surface area contributed by atoms with E-state index in [2.05, 4.69) is 15.8 Å². The Morgan fingerprint density at radius 2 is 2.08 bits per heavy atom. The van der Waals surface area contributed by atoms with Gasteiger partial charge in [-0.2, -0.15) is 0 Å². The highest BCUT2D eigenvalue weighted by molar-refractivity contribution is 6.07. The maximum atomic E-state index is 13.3. The number of hydrogen-bond donors (Lipinski definition) is 2. The average Bonchev–Trinajstić information content (AvgIpc) is 3.07. The smallest absolute Gasteiger partial charge is 0.253 e. The molecule has 2 aliphatic rings. The van der Waals surface area contributed by atoms with E-state index in [0.717, 1.165) is 55.2 Å². The van der Waals surface area contributed by atoms with Gasteiger partial charge in [0.1, 0.15) is 5.54 Å². The number of rotatable bonds is 3. The number of hydrogen-bond acceptors (Lipinski definition) is 5. The highest BCUT2D eigenvalue weighted by atomic mass is 16.5. The highest BCUT2D eigenvalue weighted by Crippen LogP contribution is 2.39. The number of fused-ring (bicyclic) bond motifs is 1. The number of anilines is 2. The van der Waals surface area contributed by atoms with E-state index in [0.29, 0.717) is 6.54 Å². The molecule has 1 fully saturated rings. The molecule has 1 saturated heterocycles. The zero-order valence-corrected chi connectivity index (χ0v) is 13.8. The van der Waals surface area contributed by atoms with E-state index in [1.165, 1.54) is 0 Å². The van der Waals surface area contributed by atoms with Crippen LogP contribution in [-0.4, -0.2) is 29.7 Å². The number of carbonyl (C=O) groups excluding carboxylic acids is 1. The second-order valence-electron chi connectivity index (χ2n) is 6.50. The van der Waals surface area contributed by atoms with Crippen LogP contribution in [-0.2, 0) is 17.8 Å². The van der Waals surface area contributed by atoms with Gasteiger partial charge in [-0.25, -0.2) is 0 Å². The first kappa shape index (κ1) is 15.2. The van der Waals surface area contributed by atoms with Crippen molar-refractivity contribution in [3.8, 4) is 0 Å². The van der Waals surface area contributed by atoms with Gasteiger partial charge in [-0.05, 0) is 44.5 Å². The van der Waals surface area contributed by atoms with Crippen LogP contribution in [0.3, 0.4) is 0 Å². The van der Waals surface area contributed by atoms with Gasteiger partial charge in [-0.3, -0.25) is 4.79 Å². The molecule has 2 N–H and O–H groups in total. The molecule has 6 heteroatoms. The van der Waals surface area contributed by atoms with Crippen LogP contribution in [0.25, 0.3) is 0 Å². The SMILES string of the molecule is CCc1cc(CN2C(=O)C3(CCNCC3)Nc3ccccc32)on1. The lowest BCUT2D eigenvalue weighted by atomic mass is 9.84. The summed E-state index contributed by atoms with van der Waals surface area (Å²) >= 11 is 0. The molecule has 0 radical (unpaired) electrons. The summed E-state index contributed by atoms with van der Waals surface area (Å²) in [5.41, 5.74) is 2.31. The number of para-hydroxylation sites is 2. The molecule has 126 valence electrons. The molecule has 3 heterocycles. The minimum atomic E-state index is -0.521. The number of amides is 1. The van der Waals surface area contributed by atoms with Crippen LogP contribution in [0.2, 0.25) is 0 Å². The molecule has 0 atom stereocenters. The molecule has 1 amide bonds. The van der Waals surface area contributed by atoms with Crippen LogP contribution < -0.4 is 15.5 Å². The van der Waals surface area contributed by atoms with Crippen LogP contribution in [0, 0.1) is 0 Å². The Hall–Kier alpha value is -2.34. The molecule has 0 unspecified atom stereocenters. The van der Waals surface area contributed by atoms with Crippen molar-refractivity contribution in [2.24, 2.45) is 0 Å². The Morgan fingerprint density at radius 3 is 2.83 bits per heavy atom. The van der Waals surface area contributed by atoms with E-state index in [9.17, 15) is 4.79 Å². The quantitative estimate of drug-likeness (QED) is 0.906. The molecule has 2 aromatic rings. The summed E-state index contributed by atoms with van der Waals surface area (Å²) in [6.07, 6.45) is 2.39. The third-order valence-corrected chi connectivity index (χ3v) is 4.96. The van der Waals surface area contributed by atoms with Crippen molar-refractivity contribution in [1.29, 1.82) is 0 Å². The van der Waals surface area contributed by atoms with Gasteiger partial charge in [0.25, 0.3) is 5.91 Å². The lowest BCUT2D eigenvalue weighted by Crippen LogP contribution is -2.61.